The van der Waals surface area contributed by atoms with Crippen LogP contribution in [0.25, 0.3) is 0 Å². The van der Waals surface area contributed by atoms with Crippen LogP contribution in [0.2, 0.25) is 0 Å². The number of anilines is 1. The SMILES string of the molecule is CCCCCCCCNC(N)=NCC(=O)Nc1ccccc1. The van der Waals surface area contributed by atoms with Crippen molar-refractivity contribution in [3.05, 3.63) is 30.3 Å². The van der Waals surface area contributed by atoms with E-state index < -0.39 is 0 Å². The number of nitrogens with zero attached hydrogens (tertiary/aromatic N) is 1. The molecule has 0 saturated carbocycles. The summed E-state index contributed by atoms with van der Waals surface area (Å²) in [5.41, 5.74) is 6.50. The van der Waals surface area contributed by atoms with E-state index in [1.54, 1.807) is 0 Å². The number of amides is 1. The number of nitrogens with one attached hydrogen (secondary N) is 2. The number of nitrogens with two attached hydrogens (primary N) is 1. The summed E-state index contributed by atoms with van der Waals surface area (Å²) in [6.45, 7) is 3.05. The average molecular weight is 304 g/mol. The van der Waals surface area contributed by atoms with Crippen molar-refractivity contribution in [1.82, 2.24) is 5.32 Å². The lowest BCUT2D eigenvalue weighted by Gasteiger charge is -2.06. The Morgan fingerprint density at radius 3 is 2.50 bits per heavy atom. The molecule has 5 nitrogen and oxygen atoms in total. The Morgan fingerprint density at radius 1 is 1.09 bits per heavy atom. The van der Waals surface area contributed by atoms with E-state index >= 15 is 0 Å². The van der Waals surface area contributed by atoms with Gasteiger partial charge in [0.15, 0.2) is 5.96 Å². The van der Waals surface area contributed by atoms with E-state index in [2.05, 4.69) is 22.5 Å². The molecule has 5 heteroatoms. The van der Waals surface area contributed by atoms with Crippen molar-refractivity contribution in [2.45, 2.75) is 45.4 Å². The minimum Gasteiger partial charge on any atom is -0.370 e. The number of hydrogen-bond acceptors (Lipinski definition) is 2. The lowest BCUT2D eigenvalue weighted by molar-refractivity contribution is -0.114. The van der Waals surface area contributed by atoms with Crippen molar-refractivity contribution in [2.75, 3.05) is 18.4 Å². The van der Waals surface area contributed by atoms with Crippen LogP contribution in [0, 0.1) is 0 Å². The number of benzene rings is 1. The third kappa shape index (κ3) is 9.00. The van der Waals surface area contributed by atoms with Crippen LogP contribution in [0.5, 0.6) is 0 Å². The Labute approximate surface area is 133 Å². The van der Waals surface area contributed by atoms with Crippen LogP contribution in [0.3, 0.4) is 0 Å². The maximum atomic E-state index is 11.7. The first-order valence-corrected chi connectivity index (χ1v) is 8.11. The third-order valence-electron chi connectivity index (χ3n) is 3.29. The highest BCUT2D eigenvalue weighted by atomic mass is 16.1. The second-order valence-corrected chi connectivity index (χ2v) is 5.31. The van der Waals surface area contributed by atoms with Crippen LogP contribution < -0.4 is 16.4 Å². The predicted molar refractivity (Wildman–Crippen MR) is 92.9 cm³/mol. The summed E-state index contributed by atoms with van der Waals surface area (Å²) in [6.07, 6.45) is 7.44. The van der Waals surface area contributed by atoms with Gasteiger partial charge in [0.2, 0.25) is 5.91 Å². The van der Waals surface area contributed by atoms with E-state index in [9.17, 15) is 4.79 Å². The highest BCUT2D eigenvalue weighted by Gasteiger charge is 2.01. The zero-order chi connectivity index (χ0) is 16.0. The summed E-state index contributed by atoms with van der Waals surface area (Å²) in [4.78, 5) is 15.7. The van der Waals surface area contributed by atoms with Crippen LogP contribution >= 0.6 is 0 Å². The molecule has 0 aliphatic heterocycles. The molecule has 0 spiro atoms. The molecule has 0 aliphatic rings. The van der Waals surface area contributed by atoms with Crippen LogP contribution in [-0.4, -0.2) is 25.0 Å². The molecule has 0 unspecified atom stereocenters. The van der Waals surface area contributed by atoms with Crippen molar-refractivity contribution in [3.8, 4) is 0 Å². The fraction of sp³-hybridized carbons (Fsp3) is 0.529. The maximum Gasteiger partial charge on any atom is 0.246 e. The molecule has 1 amide bonds. The van der Waals surface area contributed by atoms with Gasteiger partial charge in [-0.25, -0.2) is 4.99 Å². The summed E-state index contributed by atoms with van der Waals surface area (Å²) in [6, 6.07) is 9.31. The first kappa shape index (κ1) is 18.0. The van der Waals surface area contributed by atoms with Gasteiger partial charge in [-0.05, 0) is 18.6 Å². The van der Waals surface area contributed by atoms with Crippen molar-refractivity contribution in [2.24, 2.45) is 10.7 Å². The van der Waals surface area contributed by atoms with Crippen LogP contribution in [0.4, 0.5) is 5.69 Å². The maximum absolute atomic E-state index is 11.7. The Hall–Kier alpha value is -2.04. The monoisotopic (exact) mass is 304 g/mol. The van der Waals surface area contributed by atoms with E-state index in [-0.39, 0.29) is 12.5 Å². The van der Waals surface area contributed by atoms with Crippen molar-refractivity contribution < 1.29 is 4.79 Å². The molecule has 1 rings (SSSR count). The first-order valence-electron chi connectivity index (χ1n) is 8.11. The molecule has 0 heterocycles. The molecule has 0 fully saturated rings. The molecule has 0 bridgehead atoms. The molecule has 122 valence electrons. The molecule has 1 aromatic rings. The van der Waals surface area contributed by atoms with Crippen molar-refractivity contribution in [3.63, 3.8) is 0 Å². The Kier molecular flexibility index (Phi) is 9.50. The topological polar surface area (TPSA) is 79.5 Å². The number of hydrogen-bond donors (Lipinski definition) is 3. The third-order valence-corrected chi connectivity index (χ3v) is 3.29. The summed E-state index contributed by atoms with van der Waals surface area (Å²) in [7, 11) is 0. The van der Waals surface area contributed by atoms with Gasteiger partial charge in [0.1, 0.15) is 6.54 Å². The van der Waals surface area contributed by atoms with Gasteiger partial charge in [0.25, 0.3) is 0 Å². The first-order chi connectivity index (χ1) is 10.7. The zero-order valence-electron chi connectivity index (χ0n) is 13.5. The van der Waals surface area contributed by atoms with Gasteiger partial charge in [0, 0.05) is 12.2 Å². The number of carbonyl (C=O) groups is 1. The average Bonchev–Trinajstić information content (AvgIpc) is 2.53. The lowest BCUT2D eigenvalue weighted by atomic mass is 10.1. The van der Waals surface area contributed by atoms with Crippen LogP contribution in [-0.2, 0) is 4.79 Å². The van der Waals surface area contributed by atoms with Gasteiger partial charge in [-0.3, -0.25) is 4.79 Å². The number of para-hydroxylation sites is 1. The molecular formula is C17H28N4O. The summed E-state index contributed by atoms with van der Waals surface area (Å²) in [5.74, 6) is 0.160. The number of rotatable bonds is 10. The number of guanidine groups is 1. The largest absolute Gasteiger partial charge is 0.370 e. The number of aliphatic imine (C=N–C) groups is 1. The molecule has 1 aromatic carbocycles. The van der Waals surface area contributed by atoms with Gasteiger partial charge in [-0.15, -0.1) is 0 Å². The molecular weight excluding hydrogens is 276 g/mol. The minimum atomic E-state index is -0.171. The van der Waals surface area contributed by atoms with E-state index in [4.69, 9.17) is 5.73 Å². The van der Waals surface area contributed by atoms with Crippen LogP contribution in [0.1, 0.15) is 45.4 Å². The van der Waals surface area contributed by atoms with E-state index in [1.165, 1.54) is 32.1 Å². The van der Waals surface area contributed by atoms with E-state index in [0.29, 0.717) is 5.96 Å². The molecule has 4 N–H and O–H groups in total. The second-order valence-electron chi connectivity index (χ2n) is 5.31. The fourth-order valence-electron chi connectivity index (χ4n) is 2.06. The Morgan fingerprint density at radius 2 is 1.77 bits per heavy atom. The molecule has 0 atom stereocenters. The standard InChI is InChI=1S/C17H28N4O/c1-2-3-4-5-6-10-13-19-17(18)20-14-16(22)21-15-11-8-7-9-12-15/h7-9,11-12H,2-6,10,13-14H2,1H3,(H,21,22)(H3,18,19,20). The van der Waals surface area contributed by atoms with Crippen molar-refractivity contribution >= 4 is 17.6 Å². The zero-order valence-corrected chi connectivity index (χ0v) is 13.5. The molecule has 0 aromatic heterocycles. The van der Waals surface area contributed by atoms with Gasteiger partial charge in [0.05, 0.1) is 0 Å². The van der Waals surface area contributed by atoms with Gasteiger partial charge < -0.3 is 16.4 Å². The molecule has 0 saturated heterocycles. The Balaban J connectivity index is 2.10. The smallest absolute Gasteiger partial charge is 0.246 e. The van der Waals surface area contributed by atoms with Gasteiger partial charge in [-0.2, -0.15) is 0 Å². The van der Waals surface area contributed by atoms with Crippen LogP contribution in [0.15, 0.2) is 35.3 Å². The summed E-state index contributed by atoms with van der Waals surface area (Å²) >= 11 is 0. The Bertz CT molecular complexity index is 445. The minimum absolute atomic E-state index is 0.0320. The molecule has 0 aliphatic carbocycles. The van der Waals surface area contributed by atoms with E-state index in [1.807, 2.05) is 30.3 Å². The predicted octanol–water partition coefficient (Wildman–Crippen LogP) is 2.89. The van der Waals surface area contributed by atoms with Crippen molar-refractivity contribution in [1.29, 1.82) is 0 Å². The molecule has 22 heavy (non-hydrogen) atoms. The number of carbonyl (C=O) groups excluding carboxylic acids is 1. The fourth-order valence-corrected chi connectivity index (χ4v) is 2.06. The molecule has 0 radical (unpaired) electrons. The second kappa shape index (κ2) is 11.6. The lowest BCUT2D eigenvalue weighted by Crippen LogP contribution is -2.33. The quantitative estimate of drug-likeness (QED) is 0.353. The normalized spacial score (nSPS) is 11.2. The van der Waals surface area contributed by atoms with E-state index in [0.717, 1.165) is 18.7 Å². The highest BCUT2D eigenvalue weighted by molar-refractivity contribution is 5.93. The van der Waals surface area contributed by atoms with Gasteiger partial charge in [-0.1, -0.05) is 57.2 Å². The highest BCUT2D eigenvalue weighted by Crippen LogP contribution is 2.05. The summed E-state index contributed by atoms with van der Waals surface area (Å²) in [5, 5.41) is 5.80. The summed E-state index contributed by atoms with van der Waals surface area (Å²) < 4.78 is 0. The number of unbranched alkanes of at least 4 members (excludes halogenated alkanes) is 5. The van der Waals surface area contributed by atoms with Gasteiger partial charge >= 0.3 is 0 Å².